The molecule has 1 aromatic heterocycles. The Morgan fingerprint density at radius 1 is 1.33 bits per heavy atom. The van der Waals surface area contributed by atoms with Gasteiger partial charge >= 0.3 is 0 Å². The molecule has 1 aliphatic carbocycles. The molecular formula is C14H22N4. The second kappa shape index (κ2) is 5.22. The normalized spacial score (nSPS) is 23.9. The van der Waals surface area contributed by atoms with E-state index < -0.39 is 0 Å². The number of nitrogens with zero attached hydrogens (tertiary/aromatic N) is 3. The predicted molar refractivity (Wildman–Crippen MR) is 72.8 cm³/mol. The fourth-order valence-corrected chi connectivity index (χ4v) is 2.72. The first kappa shape index (κ1) is 11.9. The first-order chi connectivity index (χ1) is 8.83. The van der Waals surface area contributed by atoms with Gasteiger partial charge in [0.25, 0.3) is 0 Å². The molecule has 1 atom stereocenters. The quantitative estimate of drug-likeness (QED) is 0.881. The smallest absolute Gasteiger partial charge is 0.151 e. The molecule has 3 rings (SSSR count). The molecule has 1 saturated heterocycles. The van der Waals surface area contributed by atoms with Gasteiger partial charge in [-0.05, 0) is 50.8 Å². The van der Waals surface area contributed by atoms with Crippen LogP contribution in [0.25, 0.3) is 0 Å². The summed E-state index contributed by atoms with van der Waals surface area (Å²) in [5, 5.41) is 12.0. The zero-order valence-electron chi connectivity index (χ0n) is 11.1. The summed E-state index contributed by atoms with van der Waals surface area (Å²) in [6.45, 7) is 4.34. The summed E-state index contributed by atoms with van der Waals surface area (Å²) in [5.74, 6) is 1.06. The van der Waals surface area contributed by atoms with Crippen molar-refractivity contribution < 1.29 is 0 Å². The van der Waals surface area contributed by atoms with Crippen LogP contribution < -0.4 is 10.2 Å². The van der Waals surface area contributed by atoms with Crippen molar-refractivity contribution in [3.05, 3.63) is 17.8 Å². The standard InChI is InChI=1S/C14H22N4/c1-11-8-14(17-16-9-11)18(13-5-6-13)10-12-4-2-3-7-15-12/h8-9,12-13,15H,2-7,10H2,1H3. The van der Waals surface area contributed by atoms with E-state index in [1.54, 1.807) is 0 Å². The van der Waals surface area contributed by atoms with Crippen molar-refractivity contribution in [2.24, 2.45) is 0 Å². The van der Waals surface area contributed by atoms with Gasteiger partial charge in [0, 0.05) is 18.6 Å². The van der Waals surface area contributed by atoms with Crippen molar-refractivity contribution in [3.63, 3.8) is 0 Å². The van der Waals surface area contributed by atoms with E-state index in [1.165, 1.54) is 44.2 Å². The highest BCUT2D eigenvalue weighted by Gasteiger charge is 2.32. The summed E-state index contributed by atoms with van der Waals surface area (Å²) in [6.07, 6.45) is 8.42. The summed E-state index contributed by atoms with van der Waals surface area (Å²) in [4.78, 5) is 2.46. The van der Waals surface area contributed by atoms with E-state index in [-0.39, 0.29) is 0 Å². The fourth-order valence-electron chi connectivity index (χ4n) is 2.72. The van der Waals surface area contributed by atoms with Crippen LogP contribution in [0.4, 0.5) is 5.82 Å². The predicted octanol–water partition coefficient (Wildman–Crippen LogP) is 1.90. The molecular weight excluding hydrogens is 224 g/mol. The molecule has 0 amide bonds. The molecule has 0 radical (unpaired) electrons. The Morgan fingerprint density at radius 2 is 2.22 bits per heavy atom. The van der Waals surface area contributed by atoms with E-state index in [0.29, 0.717) is 12.1 Å². The molecule has 1 unspecified atom stereocenters. The maximum Gasteiger partial charge on any atom is 0.151 e. The lowest BCUT2D eigenvalue weighted by molar-refractivity contribution is 0.397. The Labute approximate surface area is 109 Å². The van der Waals surface area contributed by atoms with Crippen LogP contribution in [0.15, 0.2) is 12.3 Å². The molecule has 1 aliphatic heterocycles. The van der Waals surface area contributed by atoms with Crippen LogP contribution in [-0.4, -0.2) is 35.4 Å². The fraction of sp³-hybridized carbons (Fsp3) is 0.714. The van der Waals surface area contributed by atoms with Crippen molar-refractivity contribution >= 4 is 5.82 Å². The number of rotatable bonds is 4. The molecule has 2 aliphatic rings. The summed E-state index contributed by atoms with van der Waals surface area (Å²) in [6, 6.07) is 3.49. The highest BCUT2D eigenvalue weighted by Crippen LogP contribution is 2.31. The van der Waals surface area contributed by atoms with Crippen molar-refractivity contribution in [3.8, 4) is 0 Å². The molecule has 1 N–H and O–H groups in total. The summed E-state index contributed by atoms with van der Waals surface area (Å²) >= 11 is 0. The number of nitrogens with one attached hydrogen (secondary N) is 1. The van der Waals surface area contributed by atoms with Gasteiger partial charge in [-0.1, -0.05) is 6.42 Å². The minimum Gasteiger partial charge on any atom is -0.351 e. The second-order valence-corrected chi connectivity index (χ2v) is 5.62. The molecule has 2 heterocycles. The van der Waals surface area contributed by atoms with Gasteiger partial charge in [-0.25, -0.2) is 0 Å². The Kier molecular flexibility index (Phi) is 3.46. The zero-order chi connectivity index (χ0) is 12.4. The molecule has 0 spiro atoms. The van der Waals surface area contributed by atoms with Crippen molar-refractivity contribution in [1.29, 1.82) is 0 Å². The molecule has 18 heavy (non-hydrogen) atoms. The third-order valence-corrected chi connectivity index (χ3v) is 3.89. The molecule has 1 aromatic rings. The van der Waals surface area contributed by atoms with Crippen molar-refractivity contribution in [1.82, 2.24) is 15.5 Å². The van der Waals surface area contributed by atoms with E-state index in [1.807, 2.05) is 6.20 Å². The third kappa shape index (κ3) is 2.80. The van der Waals surface area contributed by atoms with Crippen LogP contribution in [0, 0.1) is 6.92 Å². The van der Waals surface area contributed by atoms with Gasteiger partial charge in [-0.3, -0.25) is 0 Å². The Bertz CT molecular complexity index is 397. The minimum absolute atomic E-state index is 0.627. The molecule has 4 heteroatoms. The lowest BCUT2D eigenvalue weighted by Crippen LogP contribution is -2.44. The van der Waals surface area contributed by atoms with Gasteiger partial charge in [-0.15, -0.1) is 5.10 Å². The SMILES string of the molecule is Cc1cnnc(N(CC2CCCCN2)C2CC2)c1. The summed E-state index contributed by atoms with van der Waals surface area (Å²) in [5.41, 5.74) is 1.20. The highest BCUT2D eigenvalue weighted by atomic mass is 15.3. The molecule has 1 saturated carbocycles. The first-order valence-electron chi connectivity index (χ1n) is 7.12. The van der Waals surface area contributed by atoms with E-state index in [4.69, 9.17) is 0 Å². The van der Waals surface area contributed by atoms with Gasteiger partial charge in [-0.2, -0.15) is 5.10 Å². The first-order valence-corrected chi connectivity index (χ1v) is 7.12. The zero-order valence-corrected chi connectivity index (χ0v) is 11.1. The van der Waals surface area contributed by atoms with Gasteiger partial charge in [0.05, 0.1) is 6.20 Å². The van der Waals surface area contributed by atoms with E-state index in [2.05, 4.69) is 33.4 Å². The lowest BCUT2D eigenvalue weighted by Gasteiger charge is -2.31. The average molecular weight is 246 g/mol. The molecule has 0 aromatic carbocycles. The lowest BCUT2D eigenvalue weighted by atomic mass is 10.0. The van der Waals surface area contributed by atoms with Crippen LogP contribution in [0.5, 0.6) is 0 Å². The van der Waals surface area contributed by atoms with Crippen LogP contribution >= 0.6 is 0 Å². The molecule has 98 valence electrons. The monoisotopic (exact) mass is 246 g/mol. The highest BCUT2D eigenvalue weighted by molar-refractivity contribution is 5.42. The van der Waals surface area contributed by atoms with Gasteiger partial charge in [0.2, 0.25) is 0 Å². The third-order valence-electron chi connectivity index (χ3n) is 3.89. The van der Waals surface area contributed by atoms with Crippen molar-refractivity contribution in [2.75, 3.05) is 18.0 Å². The van der Waals surface area contributed by atoms with Crippen LogP contribution in [-0.2, 0) is 0 Å². The molecule has 4 nitrogen and oxygen atoms in total. The van der Waals surface area contributed by atoms with Gasteiger partial charge < -0.3 is 10.2 Å². The Balaban J connectivity index is 1.71. The number of aryl methyl sites for hydroxylation is 1. The Hall–Kier alpha value is -1.16. The van der Waals surface area contributed by atoms with Gasteiger partial charge in [0.1, 0.15) is 0 Å². The maximum absolute atomic E-state index is 4.31. The minimum atomic E-state index is 0.627. The van der Waals surface area contributed by atoms with E-state index in [9.17, 15) is 0 Å². The number of hydrogen-bond acceptors (Lipinski definition) is 4. The molecule has 0 bridgehead atoms. The van der Waals surface area contributed by atoms with E-state index >= 15 is 0 Å². The topological polar surface area (TPSA) is 41.1 Å². The van der Waals surface area contributed by atoms with Crippen LogP contribution in [0.1, 0.15) is 37.7 Å². The van der Waals surface area contributed by atoms with Crippen LogP contribution in [0.3, 0.4) is 0 Å². The number of aromatic nitrogens is 2. The number of piperidine rings is 1. The largest absolute Gasteiger partial charge is 0.351 e. The number of hydrogen-bond donors (Lipinski definition) is 1. The van der Waals surface area contributed by atoms with E-state index in [0.717, 1.165) is 12.4 Å². The molecule has 2 fully saturated rings. The van der Waals surface area contributed by atoms with Crippen molar-refractivity contribution in [2.45, 2.75) is 51.1 Å². The maximum atomic E-state index is 4.31. The average Bonchev–Trinajstić information content (AvgIpc) is 3.21. The van der Waals surface area contributed by atoms with Crippen LogP contribution in [0.2, 0.25) is 0 Å². The summed E-state index contributed by atoms with van der Waals surface area (Å²) < 4.78 is 0. The second-order valence-electron chi connectivity index (χ2n) is 5.62. The summed E-state index contributed by atoms with van der Waals surface area (Å²) in [7, 11) is 0. The Morgan fingerprint density at radius 3 is 2.89 bits per heavy atom. The number of anilines is 1. The van der Waals surface area contributed by atoms with Gasteiger partial charge in [0.15, 0.2) is 5.82 Å².